The van der Waals surface area contributed by atoms with Gasteiger partial charge in [-0.15, -0.1) is 0 Å². The Kier molecular flexibility index (Phi) is 3.82. The van der Waals surface area contributed by atoms with E-state index in [9.17, 15) is 4.79 Å². The highest BCUT2D eigenvalue weighted by Crippen LogP contribution is 2.31. The molecule has 3 saturated heterocycles. The lowest BCUT2D eigenvalue weighted by Gasteiger charge is -2.44. The topological polar surface area (TPSA) is 67.6 Å². The molecule has 23 heavy (non-hydrogen) atoms. The maximum absolute atomic E-state index is 12.4. The summed E-state index contributed by atoms with van der Waals surface area (Å²) in [7, 11) is 0. The molecule has 122 valence electrons. The minimum Gasteiger partial charge on any atom is -0.417 e. The van der Waals surface area contributed by atoms with Crippen molar-refractivity contribution in [2.24, 2.45) is 5.92 Å². The Bertz CT molecular complexity index is 703. The number of nitrogens with zero attached hydrogens (tertiary/aromatic N) is 2. The molecule has 5 heterocycles. The number of thiophene rings is 1. The van der Waals surface area contributed by atoms with Gasteiger partial charge in [-0.1, -0.05) is 11.3 Å². The van der Waals surface area contributed by atoms with Crippen molar-refractivity contribution in [2.45, 2.75) is 25.8 Å². The molecule has 2 bridgehead atoms. The molecule has 2 aromatic heterocycles. The number of amides is 1. The number of hydrogen-bond donors (Lipinski definition) is 1. The average molecular weight is 333 g/mol. The smallest absolute Gasteiger partial charge is 0.400 e. The lowest BCUT2D eigenvalue weighted by molar-refractivity contribution is 0.0622. The summed E-state index contributed by atoms with van der Waals surface area (Å²) in [6.07, 6.45) is 4.11. The van der Waals surface area contributed by atoms with E-state index in [1.54, 1.807) is 12.1 Å². The van der Waals surface area contributed by atoms with Crippen molar-refractivity contribution in [1.29, 1.82) is 0 Å². The fourth-order valence-corrected chi connectivity index (χ4v) is 4.08. The van der Waals surface area contributed by atoms with Crippen LogP contribution in [0.3, 0.4) is 0 Å². The van der Waals surface area contributed by atoms with Crippen LogP contribution in [0.5, 0.6) is 11.1 Å². The number of aromatic nitrogens is 1. The molecule has 0 radical (unpaired) electrons. The van der Waals surface area contributed by atoms with Gasteiger partial charge >= 0.3 is 6.08 Å². The Labute approximate surface area is 138 Å². The number of fused-ring (bicyclic) bond motifs is 3. The molecule has 1 N–H and O–H groups in total. The molecule has 0 spiro atoms. The molecule has 7 heteroatoms. The molecule has 3 fully saturated rings. The van der Waals surface area contributed by atoms with Gasteiger partial charge in [0.25, 0.3) is 5.91 Å². The first-order valence-electron chi connectivity index (χ1n) is 7.90. The second-order valence-corrected chi connectivity index (χ2v) is 7.24. The van der Waals surface area contributed by atoms with Gasteiger partial charge in [0.05, 0.1) is 10.6 Å². The largest absolute Gasteiger partial charge is 0.417 e. The number of piperidine rings is 3. The van der Waals surface area contributed by atoms with Crippen LogP contribution < -0.4 is 10.1 Å². The first-order chi connectivity index (χ1) is 11.2. The van der Waals surface area contributed by atoms with Gasteiger partial charge in [0.15, 0.2) is 5.06 Å². The van der Waals surface area contributed by atoms with Gasteiger partial charge in [0, 0.05) is 12.6 Å². The molecule has 1 atom stereocenters. The Morgan fingerprint density at radius 2 is 2.26 bits per heavy atom. The minimum atomic E-state index is -0.0211. The second-order valence-electron chi connectivity index (χ2n) is 6.19. The monoisotopic (exact) mass is 333 g/mol. The van der Waals surface area contributed by atoms with E-state index in [4.69, 9.17) is 9.15 Å². The highest BCUT2D eigenvalue weighted by atomic mass is 32.1. The molecular weight excluding hydrogens is 314 g/mol. The molecule has 6 nitrogen and oxygen atoms in total. The van der Waals surface area contributed by atoms with Gasteiger partial charge in [-0.3, -0.25) is 4.79 Å². The zero-order valence-corrected chi connectivity index (χ0v) is 13.8. The number of carbonyl (C=O) groups excluding carboxylic acids is 1. The third kappa shape index (κ3) is 3.11. The molecule has 0 aliphatic carbocycles. The highest BCUT2D eigenvalue weighted by Gasteiger charge is 2.35. The highest BCUT2D eigenvalue weighted by molar-refractivity contribution is 7.15. The summed E-state index contributed by atoms with van der Waals surface area (Å²) >= 11 is 1.31. The molecule has 2 aromatic rings. The number of hydrogen-bond acceptors (Lipinski definition) is 6. The molecule has 1 amide bonds. The quantitative estimate of drug-likeness (QED) is 0.932. The lowest BCUT2D eigenvalue weighted by Crippen LogP contribution is -2.57. The Balaban J connectivity index is 1.39. The maximum atomic E-state index is 12.4. The zero-order chi connectivity index (χ0) is 15.8. The minimum absolute atomic E-state index is 0.0211. The Morgan fingerprint density at radius 3 is 2.91 bits per heavy atom. The second kappa shape index (κ2) is 5.98. The molecular formula is C16H19N3O3S. The van der Waals surface area contributed by atoms with Crippen molar-refractivity contribution in [1.82, 2.24) is 15.2 Å². The van der Waals surface area contributed by atoms with Crippen LogP contribution in [-0.2, 0) is 0 Å². The number of nitrogens with one attached hydrogen (secondary N) is 1. The van der Waals surface area contributed by atoms with Crippen LogP contribution >= 0.6 is 11.3 Å². The SMILES string of the molecule is Cc1coc(Oc2ccc(C(=O)N[C@H]3CN4CCC3CC4)s2)n1. The zero-order valence-electron chi connectivity index (χ0n) is 12.9. The van der Waals surface area contributed by atoms with Crippen LogP contribution in [-0.4, -0.2) is 41.5 Å². The van der Waals surface area contributed by atoms with Crippen LogP contribution in [0.4, 0.5) is 0 Å². The lowest BCUT2D eigenvalue weighted by atomic mass is 9.84. The fourth-order valence-electron chi connectivity index (χ4n) is 3.33. The van der Waals surface area contributed by atoms with Crippen molar-refractivity contribution in [3.63, 3.8) is 0 Å². The van der Waals surface area contributed by atoms with Gasteiger partial charge in [-0.05, 0) is 50.9 Å². The van der Waals surface area contributed by atoms with E-state index in [2.05, 4.69) is 15.2 Å². The van der Waals surface area contributed by atoms with E-state index >= 15 is 0 Å². The number of aryl methyl sites for hydroxylation is 1. The van der Waals surface area contributed by atoms with Crippen LogP contribution in [0.2, 0.25) is 0 Å². The van der Waals surface area contributed by atoms with E-state index in [0.29, 0.717) is 15.9 Å². The van der Waals surface area contributed by atoms with Gasteiger partial charge < -0.3 is 19.4 Å². The number of rotatable bonds is 4. The van der Waals surface area contributed by atoms with Gasteiger partial charge in [-0.2, -0.15) is 4.98 Å². The molecule has 5 rings (SSSR count). The summed E-state index contributed by atoms with van der Waals surface area (Å²) in [5.41, 5.74) is 0.761. The number of ether oxygens (including phenoxy) is 1. The third-order valence-corrected chi connectivity index (χ3v) is 5.53. The van der Waals surface area contributed by atoms with Crippen LogP contribution in [0.25, 0.3) is 0 Å². The van der Waals surface area contributed by atoms with Crippen LogP contribution in [0.15, 0.2) is 22.8 Å². The van der Waals surface area contributed by atoms with Crippen molar-refractivity contribution < 1.29 is 13.9 Å². The van der Waals surface area contributed by atoms with E-state index < -0.39 is 0 Å². The third-order valence-electron chi connectivity index (χ3n) is 4.56. The number of carbonyl (C=O) groups is 1. The van der Waals surface area contributed by atoms with Crippen molar-refractivity contribution >= 4 is 17.2 Å². The summed E-state index contributed by atoms with van der Waals surface area (Å²) in [4.78, 5) is 19.6. The molecule has 3 aliphatic heterocycles. The van der Waals surface area contributed by atoms with Crippen molar-refractivity contribution in [3.05, 3.63) is 29.0 Å². The predicted molar refractivity (Wildman–Crippen MR) is 86.1 cm³/mol. The number of oxazole rings is 1. The molecule has 0 unspecified atom stereocenters. The van der Waals surface area contributed by atoms with E-state index in [1.165, 1.54) is 43.5 Å². The fraction of sp³-hybridized carbons (Fsp3) is 0.500. The summed E-state index contributed by atoms with van der Waals surface area (Å²) in [5.74, 6) is 0.599. The van der Waals surface area contributed by atoms with E-state index in [1.807, 2.05) is 6.92 Å². The first-order valence-corrected chi connectivity index (χ1v) is 8.72. The summed E-state index contributed by atoms with van der Waals surface area (Å²) < 4.78 is 10.7. The van der Waals surface area contributed by atoms with Gasteiger partial charge in [0.1, 0.15) is 6.26 Å². The van der Waals surface area contributed by atoms with Crippen molar-refractivity contribution in [3.8, 4) is 11.1 Å². The van der Waals surface area contributed by atoms with Crippen molar-refractivity contribution in [2.75, 3.05) is 19.6 Å². The first kappa shape index (κ1) is 14.7. The van der Waals surface area contributed by atoms with Crippen LogP contribution in [0.1, 0.15) is 28.2 Å². The molecule has 0 saturated carbocycles. The Hall–Kier alpha value is -1.86. The summed E-state index contributed by atoms with van der Waals surface area (Å²) in [6, 6.07) is 3.83. The standard InChI is InChI=1S/C16H19N3O3S/c1-10-9-21-16(17-10)22-14-3-2-13(23-14)15(20)18-12-8-19-6-4-11(12)5-7-19/h2-3,9,11-12H,4-8H2,1H3,(H,18,20)/t12-/m0/s1. The normalized spacial score (nSPS) is 26.2. The van der Waals surface area contributed by atoms with Gasteiger partial charge in [0.2, 0.25) is 0 Å². The maximum Gasteiger partial charge on any atom is 0.400 e. The van der Waals surface area contributed by atoms with Crippen LogP contribution in [0, 0.1) is 12.8 Å². The molecule has 0 aromatic carbocycles. The van der Waals surface area contributed by atoms with E-state index in [-0.39, 0.29) is 18.0 Å². The summed E-state index contributed by atoms with van der Waals surface area (Å²) in [5, 5.41) is 3.79. The molecule has 3 aliphatic rings. The van der Waals surface area contributed by atoms with Gasteiger partial charge in [-0.25, -0.2) is 0 Å². The van der Waals surface area contributed by atoms with E-state index in [0.717, 1.165) is 12.2 Å². The Morgan fingerprint density at radius 1 is 1.43 bits per heavy atom. The predicted octanol–water partition coefficient (Wildman–Crippen LogP) is 2.66. The summed E-state index contributed by atoms with van der Waals surface area (Å²) in [6.45, 7) is 5.14. The average Bonchev–Trinajstić information content (AvgIpc) is 3.18.